The molecule has 5 heteroatoms. The fraction of sp³-hybridized carbons (Fsp3) is 0.857. The van der Waals surface area contributed by atoms with E-state index in [2.05, 4.69) is 5.32 Å². The first-order valence-electron chi connectivity index (χ1n) is 6.96. The van der Waals surface area contributed by atoms with Crippen molar-refractivity contribution in [3.8, 4) is 0 Å². The van der Waals surface area contributed by atoms with Crippen LogP contribution in [0.2, 0.25) is 0 Å². The third-order valence-electron chi connectivity index (χ3n) is 3.30. The number of carbonyl (C=O) groups is 2. The highest BCUT2D eigenvalue weighted by atomic mass is 16.5. The van der Waals surface area contributed by atoms with Crippen LogP contribution in [0.4, 0.5) is 4.79 Å². The molecule has 0 heterocycles. The zero-order chi connectivity index (χ0) is 14.5. The lowest BCUT2D eigenvalue weighted by atomic mass is 9.84. The molecule has 0 aromatic heterocycles. The topological polar surface area (TPSA) is 75.6 Å². The van der Waals surface area contributed by atoms with E-state index in [1.807, 2.05) is 20.8 Å². The van der Waals surface area contributed by atoms with Crippen LogP contribution >= 0.6 is 0 Å². The summed E-state index contributed by atoms with van der Waals surface area (Å²) in [5.74, 6) is -0.951. The highest BCUT2D eigenvalue weighted by Gasteiger charge is 2.31. The molecule has 0 aliphatic heterocycles. The number of alkyl carbamates (subject to hydrolysis) is 1. The quantitative estimate of drug-likeness (QED) is 0.824. The molecule has 0 aromatic carbocycles. The fourth-order valence-corrected chi connectivity index (χ4v) is 2.30. The van der Waals surface area contributed by atoms with Crippen LogP contribution in [0, 0.1) is 11.3 Å². The van der Waals surface area contributed by atoms with Crippen molar-refractivity contribution < 1.29 is 19.4 Å². The van der Waals surface area contributed by atoms with E-state index in [1.165, 1.54) is 0 Å². The van der Waals surface area contributed by atoms with Crippen molar-refractivity contribution in [2.45, 2.75) is 58.9 Å². The lowest BCUT2D eigenvalue weighted by molar-refractivity contribution is -0.141. The lowest BCUT2D eigenvalue weighted by Gasteiger charge is -2.28. The fourth-order valence-electron chi connectivity index (χ4n) is 2.30. The second-order valence-electron chi connectivity index (χ2n) is 6.50. The van der Waals surface area contributed by atoms with E-state index in [9.17, 15) is 14.7 Å². The lowest BCUT2D eigenvalue weighted by Crippen LogP contribution is -2.47. The molecule has 0 aromatic rings. The van der Waals surface area contributed by atoms with Gasteiger partial charge in [-0.15, -0.1) is 0 Å². The molecule has 1 unspecified atom stereocenters. The van der Waals surface area contributed by atoms with Crippen LogP contribution in [0.15, 0.2) is 0 Å². The predicted octanol–water partition coefficient (Wildman–Crippen LogP) is 2.79. The highest BCUT2D eigenvalue weighted by molar-refractivity contribution is 5.80. The van der Waals surface area contributed by atoms with E-state index in [0.717, 1.165) is 32.1 Å². The maximum Gasteiger partial charge on any atom is 0.407 e. The first-order valence-corrected chi connectivity index (χ1v) is 6.96. The Morgan fingerprint density at radius 2 is 1.84 bits per heavy atom. The van der Waals surface area contributed by atoms with Crippen molar-refractivity contribution in [2.24, 2.45) is 11.3 Å². The van der Waals surface area contributed by atoms with E-state index in [1.54, 1.807) is 0 Å². The Morgan fingerprint density at radius 3 is 2.32 bits per heavy atom. The third kappa shape index (κ3) is 5.94. The number of carbonyl (C=O) groups excluding carboxylic acids is 1. The molecular formula is C14H25NO4. The van der Waals surface area contributed by atoms with Gasteiger partial charge in [-0.3, -0.25) is 0 Å². The maximum absolute atomic E-state index is 11.7. The Labute approximate surface area is 114 Å². The summed E-state index contributed by atoms with van der Waals surface area (Å²) in [4.78, 5) is 22.9. The Hall–Kier alpha value is -1.26. The molecular weight excluding hydrogens is 246 g/mol. The zero-order valence-electron chi connectivity index (χ0n) is 12.1. The number of nitrogens with one attached hydrogen (secondary N) is 1. The number of hydrogen-bond donors (Lipinski definition) is 2. The van der Waals surface area contributed by atoms with Gasteiger partial charge in [-0.1, -0.05) is 40.0 Å². The molecule has 19 heavy (non-hydrogen) atoms. The van der Waals surface area contributed by atoms with Gasteiger partial charge in [0.15, 0.2) is 0 Å². The minimum absolute atomic E-state index is 0.0217. The molecule has 0 saturated heterocycles. The van der Waals surface area contributed by atoms with Gasteiger partial charge < -0.3 is 15.2 Å². The van der Waals surface area contributed by atoms with Gasteiger partial charge in [-0.2, -0.15) is 0 Å². The minimum atomic E-state index is -0.973. The number of ether oxygens (including phenoxy) is 1. The summed E-state index contributed by atoms with van der Waals surface area (Å²) in [7, 11) is 0. The third-order valence-corrected chi connectivity index (χ3v) is 3.30. The van der Waals surface area contributed by atoms with Gasteiger partial charge in [-0.05, 0) is 24.2 Å². The van der Waals surface area contributed by atoms with Gasteiger partial charge in [0.1, 0.15) is 6.04 Å². The average molecular weight is 271 g/mol. The Kier molecular flexibility index (Phi) is 5.63. The summed E-state index contributed by atoms with van der Waals surface area (Å²) in [6, 6.07) is -0.826. The van der Waals surface area contributed by atoms with Crippen molar-refractivity contribution in [3.05, 3.63) is 0 Å². The number of carboxylic acids is 1. The van der Waals surface area contributed by atoms with Crippen LogP contribution in [0.5, 0.6) is 0 Å². The Balaban J connectivity index is 2.48. The molecule has 1 amide bonds. The van der Waals surface area contributed by atoms with Gasteiger partial charge >= 0.3 is 12.1 Å². The van der Waals surface area contributed by atoms with E-state index in [0.29, 0.717) is 0 Å². The molecule has 1 saturated carbocycles. The highest BCUT2D eigenvalue weighted by Crippen LogP contribution is 2.26. The average Bonchev–Trinajstić information content (AvgIpc) is 2.33. The van der Waals surface area contributed by atoms with Gasteiger partial charge in [0.25, 0.3) is 0 Å². The number of carboxylic acid groups (broad SMARTS) is 1. The molecule has 1 aliphatic rings. The number of hydrogen-bond acceptors (Lipinski definition) is 3. The smallest absolute Gasteiger partial charge is 0.407 e. The summed E-state index contributed by atoms with van der Waals surface area (Å²) in [6.07, 6.45) is 4.30. The van der Waals surface area contributed by atoms with Gasteiger partial charge in [-0.25, -0.2) is 9.59 Å². The van der Waals surface area contributed by atoms with E-state index in [4.69, 9.17) is 4.74 Å². The SMILES string of the molecule is CC(C)(C)COC(=O)NC(C(=O)O)C1CCCCC1. The molecule has 1 fully saturated rings. The monoisotopic (exact) mass is 271 g/mol. The van der Waals surface area contributed by atoms with Crippen molar-refractivity contribution in [1.82, 2.24) is 5.32 Å². The normalized spacial score (nSPS) is 18.7. The standard InChI is InChI=1S/C14H25NO4/c1-14(2,3)9-19-13(18)15-11(12(16)17)10-7-5-4-6-8-10/h10-11H,4-9H2,1-3H3,(H,15,18)(H,16,17). The summed E-state index contributed by atoms with van der Waals surface area (Å²) in [6.45, 7) is 6.14. The summed E-state index contributed by atoms with van der Waals surface area (Å²) >= 11 is 0. The summed E-state index contributed by atoms with van der Waals surface area (Å²) < 4.78 is 5.06. The number of aliphatic carboxylic acids is 1. The van der Waals surface area contributed by atoms with Crippen molar-refractivity contribution in [3.63, 3.8) is 0 Å². The molecule has 5 nitrogen and oxygen atoms in total. The van der Waals surface area contributed by atoms with Crippen LogP contribution in [0.3, 0.4) is 0 Å². The van der Waals surface area contributed by atoms with Crippen LogP contribution < -0.4 is 5.32 Å². The number of rotatable bonds is 4. The maximum atomic E-state index is 11.7. The molecule has 1 aliphatic carbocycles. The Bertz CT molecular complexity index is 316. The Morgan fingerprint density at radius 1 is 1.26 bits per heavy atom. The zero-order valence-corrected chi connectivity index (χ0v) is 12.1. The molecule has 0 bridgehead atoms. The van der Waals surface area contributed by atoms with Gasteiger partial charge in [0.2, 0.25) is 0 Å². The van der Waals surface area contributed by atoms with Crippen molar-refractivity contribution >= 4 is 12.1 Å². The largest absolute Gasteiger partial charge is 0.480 e. The van der Waals surface area contributed by atoms with Crippen molar-refractivity contribution in [2.75, 3.05) is 6.61 Å². The van der Waals surface area contributed by atoms with Crippen LogP contribution in [0.25, 0.3) is 0 Å². The molecule has 1 rings (SSSR count). The van der Waals surface area contributed by atoms with Crippen LogP contribution in [-0.4, -0.2) is 29.8 Å². The first-order chi connectivity index (χ1) is 8.79. The van der Waals surface area contributed by atoms with E-state index in [-0.39, 0.29) is 17.9 Å². The van der Waals surface area contributed by atoms with E-state index < -0.39 is 18.1 Å². The second-order valence-corrected chi connectivity index (χ2v) is 6.50. The second kappa shape index (κ2) is 6.78. The predicted molar refractivity (Wildman–Crippen MR) is 71.9 cm³/mol. The molecule has 110 valence electrons. The molecule has 0 spiro atoms. The molecule has 0 radical (unpaired) electrons. The first kappa shape index (κ1) is 15.8. The van der Waals surface area contributed by atoms with Crippen LogP contribution in [-0.2, 0) is 9.53 Å². The molecule has 1 atom stereocenters. The minimum Gasteiger partial charge on any atom is -0.480 e. The van der Waals surface area contributed by atoms with Gasteiger partial charge in [0.05, 0.1) is 6.61 Å². The van der Waals surface area contributed by atoms with Gasteiger partial charge in [0, 0.05) is 0 Å². The van der Waals surface area contributed by atoms with Crippen LogP contribution in [0.1, 0.15) is 52.9 Å². The summed E-state index contributed by atoms with van der Waals surface area (Å²) in [5, 5.41) is 11.7. The summed E-state index contributed by atoms with van der Waals surface area (Å²) in [5.41, 5.74) is -0.124. The number of amides is 1. The van der Waals surface area contributed by atoms with E-state index >= 15 is 0 Å². The van der Waals surface area contributed by atoms with Crippen molar-refractivity contribution in [1.29, 1.82) is 0 Å². The molecule has 2 N–H and O–H groups in total.